The number of hydrogen-bond acceptors (Lipinski definition) is 4. The van der Waals surface area contributed by atoms with Crippen molar-refractivity contribution < 1.29 is 13.9 Å². The summed E-state index contributed by atoms with van der Waals surface area (Å²) in [7, 11) is 0. The second-order valence-corrected chi connectivity index (χ2v) is 2.81. The molecule has 6 heteroatoms. The first kappa shape index (κ1) is 10.9. The molecule has 0 unspecified atom stereocenters. The van der Waals surface area contributed by atoms with E-state index in [1.54, 1.807) is 0 Å². The average Bonchev–Trinajstić information content (AvgIpc) is 2.19. The molecule has 0 saturated heterocycles. The normalized spacial score (nSPS) is 11.6. The molecule has 1 aromatic rings. The van der Waals surface area contributed by atoms with Crippen molar-refractivity contribution in [1.29, 1.82) is 0 Å². The number of aliphatic hydroxyl groups is 1. The van der Waals surface area contributed by atoms with Crippen LogP contribution in [0.25, 0.3) is 0 Å². The molecular formula is C8H11F2N3O. The molecule has 78 valence electrons. The van der Waals surface area contributed by atoms with Crippen LogP contribution in [-0.2, 0) is 6.54 Å². The molecule has 4 nitrogen and oxygen atoms in total. The second kappa shape index (κ2) is 4.92. The van der Waals surface area contributed by atoms with E-state index in [4.69, 9.17) is 5.11 Å². The van der Waals surface area contributed by atoms with Crippen LogP contribution < -0.4 is 5.32 Å². The average molecular weight is 203 g/mol. The van der Waals surface area contributed by atoms with E-state index in [1.165, 1.54) is 18.6 Å². The minimum Gasteiger partial charge on any atom is -0.390 e. The third-order valence-corrected chi connectivity index (χ3v) is 1.54. The molecule has 0 aliphatic rings. The van der Waals surface area contributed by atoms with Crippen LogP contribution in [0.5, 0.6) is 0 Å². The molecule has 0 aromatic carbocycles. The van der Waals surface area contributed by atoms with Crippen LogP contribution in [0.3, 0.4) is 0 Å². The zero-order valence-electron chi connectivity index (χ0n) is 7.45. The van der Waals surface area contributed by atoms with Crippen molar-refractivity contribution in [3.8, 4) is 0 Å². The first-order valence-electron chi connectivity index (χ1n) is 4.08. The molecule has 2 N–H and O–H groups in total. The Hall–Kier alpha value is -1.14. The highest BCUT2D eigenvalue weighted by molar-refractivity contribution is 4.93. The van der Waals surface area contributed by atoms with Gasteiger partial charge < -0.3 is 10.4 Å². The van der Waals surface area contributed by atoms with Gasteiger partial charge in [0.15, 0.2) is 0 Å². The van der Waals surface area contributed by atoms with Crippen LogP contribution in [0.4, 0.5) is 8.78 Å². The van der Waals surface area contributed by atoms with Gasteiger partial charge in [-0.25, -0.2) is 8.78 Å². The van der Waals surface area contributed by atoms with Gasteiger partial charge in [0.25, 0.3) is 5.92 Å². The van der Waals surface area contributed by atoms with Gasteiger partial charge >= 0.3 is 0 Å². The van der Waals surface area contributed by atoms with Crippen LogP contribution in [0, 0.1) is 0 Å². The van der Waals surface area contributed by atoms with Gasteiger partial charge in [-0.3, -0.25) is 9.97 Å². The monoisotopic (exact) mass is 203 g/mol. The predicted octanol–water partition coefficient (Wildman–Crippen LogP) is 0.194. The largest absolute Gasteiger partial charge is 0.390 e. The number of hydrogen-bond donors (Lipinski definition) is 2. The van der Waals surface area contributed by atoms with Gasteiger partial charge in [-0.05, 0) is 0 Å². The van der Waals surface area contributed by atoms with Gasteiger partial charge in [0.05, 0.1) is 12.2 Å². The van der Waals surface area contributed by atoms with Gasteiger partial charge in [-0.15, -0.1) is 0 Å². The molecule has 0 spiro atoms. The fourth-order valence-corrected chi connectivity index (χ4v) is 0.851. The molecule has 1 rings (SSSR count). The first-order chi connectivity index (χ1) is 6.64. The van der Waals surface area contributed by atoms with E-state index in [9.17, 15) is 8.78 Å². The first-order valence-corrected chi connectivity index (χ1v) is 4.08. The Kier molecular flexibility index (Phi) is 3.84. The Bertz CT molecular complexity index is 269. The van der Waals surface area contributed by atoms with Crippen molar-refractivity contribution in [2.45, 2.75) is 12.5 Å². The number of rotatable bonds is 5. The summed E-state index contributed by atoms with van der Waals surface area (Å²) in [6.45, 7) is -1.51. The van der Waals surface area contributed by atoms with Crippen molar-refractivity contribution in [2.75, 3.05) is 13.2 Å². The summed E-state index contributed by atoms with van der Waals surface area (Å²) in [5.74, 6) is -3.08. The fraction of sp³-hybridized carbons (Fsp3) is 0.500. The van der Waals surface area contributed by atoms with Crippen molar-refractivity contribution in [3.63, 3.8) is 0 Å². The van der Waals surface area contributed by atoms with E-state index in [0.717, 1.165) is 0 Å². The van der Waals surface area contributed by atoms with Crippen LogP contribution in [0.2, 0.25) is 0 Å². The lowest BCUT2D eigenvalue weighted by Crippen LogP contribution is -2.35. The Morgan fingerprint density at radius 1 is 1.43 bits per heavy atom. The van der Waals surface area contributed by atoms with Gasteiger partial charge in [-0.2, -0.15) is 0 Å². The molecule has 0 radical (unpaired) electrons. The predicted molar refractivity (Wildman–Crippen MR) is 45.8 cm³/mol. The van der Waals surface area contributed by atoms with E-state index in [-0.39, 0.29) is 6.54 Å². The number of nitrogens with zero attached hydrogens (tertiary/aromatic N) is 2. The molecule has 0 aliphatic carbocycles. The van der Waals surface area contributed by atoms with Crippen LogP contribution >= 0.6 is 0 Å². The standard InChI is InChI=1S/C8H11F2N3O/c9-8(10,6-14)5-12-4-7-3-11-1-2-13-7/h1-3,12,14H,4-6H2. The van der Waals surface area contributed by atoms with Gasteiger partial charge in [-0.1, -0.05) is 0 Å². The number of alkyl halides is 2. The minimum atomic E-state index is -3.08. The summed E-state index contributed by atoms with van der Waals surface area (Å²) in [6, 6.07) is 0. The molecule has 0 fully saturated rings. The molecule has 0 amide bonds. The lowest BCUT2D eigenvalue weighted by molar-refractivity contribution is -0.0478. The molecule has 0 saturated carbocycles. The summed E-state index contributed by atoms with van der Waals surface area (Å²) in [4.78, 5) is 7.67. The molecule has 1 heterocycles. The second-order valence-electron chi connectivity index (χ2n) is 2.81. The number of aliphatic hydroxyl groups excluding tert-OH is 1. The molecular weight excluding hydrogens is 192 g/mol. The van der Waals surface area contributed by atoms with Crippen LogP contribution in [0.15, 0.2) is 18.6 Å². The van der Waals surface area contributed by atoms with Crippen molar-refractivity contribution in [2.24, 2.45) is 0 Å². The zero-order chi connectivity index (χ0) is 10.4. The molecule has 14 heavy (non-hydrogen) atoms. The Morgan fingerprint density at radius 3 is 2.79 bits per heavy atom. The Labute approximate surface area is 80.0 Å². The lowest BCUT2D eigenvalue weighted by Gasteiger charge is -2.13. The number of nitrogens with one attached hydrogen (secondary N) is 1. The Balaban J connectivity index is 2.29. The topological polar surface area (TPSA) is 58.0 Å². The van der Waals surface area contributed by atoms with Crippen molar-refractivity contribution in [1.82, 2.24) is 15.3 Å². The highest BCUT2D eigenvalue weighted by atomic mass is 19.3. The number of aromatic nitrogens is 2. The summed E-state index contributed by atoms with van der Waals surface area (Å²) >= 11 is 0. The van der Waals surface area contributed by atoms with Crippen molar-refractivity contribution >= 4 is 0 Å². The Morgan fingerprint density at radius 2 is 2.21 bits per heavy atom. The van der Waals surface area contributed by atoms with Gasteiger partial charge in [0, 0.05) is 25.1 Å². The highest BCUT2D eigenvalue weighted by Gasteiger charge is 2.26. The van der Waals surface area contributed by atoms with E-state index in [2.05, 4.69) is 15.3 Å². The van der Waals surface area contributed by atoms with Crippen LogP contribution in [0.1, 0.15) is 5.69 Å². The van der Waals surface area contributed by atoms with E-state index >= 15 is 0 Å². The molecule has 0 atom stereocenters. The van der Waals surface area contributed by atoms with E-state index in [1.807, 2.05) is 0 Å². The zero-order valence-corrected chi connectivity index (χ0v) is 7.45. The summed E-state index contributed by atoms with van der Waals surface area (Å²) in [5, 5.41) is 10.8. The van der Waals surface area contributed by atoms with Gasteiger partial charge in [0.2, 0.25) is 0 Å². The summed E-state index contributed by atoms with van der Waals surface area (Å²) in [6.07, 6.45) is 4.48. The van der Waals surface area contributed by atoms with E-state index in [0.29, 0.717) is 5.69 Å². The maximum Gasteiger partial charge on any atom is 0.282 e. The maximum atomic E-state index is 12.5. The van der Waals surface area contributed by atoms with Crippen LogP contribution in [-0.4, -0.2) is 34.1 Å². The van der Waals surface area contributed by atoms with E-state index < -0.39 is 19.1 Å². The quantitative estimate of drug-likeness (QED) is 0.717. The highest BCUT2D eigenvalue weighted by Crippen LogP contribution is 2.09. The maximum absolute atomic E-state index is 12.5. The minimum absolute atomic E-state index is 0.212. The SMILES string of the molecule is OCC(F)(F)CNCc1cnccn1. The lowest BCUT2D eigenvalue weighted by atomic mass is 10.3. The summed E-state index contributed by atoms with van der Waals surface area (Å²) < 4.78 is 25.0. The third kappa shape index (κ3) is 3.71. The summed E-state index contributed by atoms with van der Waals surface area (Å²) in [5.41, 5.74) is 0.584. The fourth-order valence-electron chi connectivity index (χ4n) is 0.851. The van der Waals surface area contributed by atoms with Gasteiger partial charge in [0.1, 0.15) is 6.61 Å². The van der Waals surface area contributed by atoms with Crippen molar-refractivity contribution in [3.05, 3.63) is 24.3 Å². The molecule has 0 bridgehead atoms. The third-order valence-electron chi connectivity index (χ3n) is 1.54. The smallest absolute Gasteiger partial charge is 0.282 e. The molecule has 1 aromatic heterocycles. The molecule has 0 aliphatic heterocycles. The number of halogens is 2.